The summed E-state index contributed by atoms with van der Waals surface area (Å²) in [6.07, 6.45) is 2.36. The van der Waals surface area contributed by atoms with Gasteiger partial charge in [-0.2, -0.15) is 0 Å². The van der Waals surface area contributed by atoms with Crippen LogP contribution in [-0.2, 0) is 4.79 Å². The first-order chi connectivity index (χ1) is 8.99. The van der Waals surface area contributed by atoms with Crippen molar-refractivity contribution < 1.29 is 13.9 Å². The number of rotatable bonds is 5. The largest absolute Gasteiger partial charge is 0.481 e. The van der Waals surface area contributed by atoms with Crippen molar-refractivity contribution >= 4 is 21.8 Å². The normalized spacial score (nSPS) is 16.0. The monoisotopic (exact) mass is 329 g/mol. The van der Waals surface area contributed by atoms with E-state index in [4.69, 9.17) is 4.74 Å². The Morgan fingerprint density at radius 1 is 1.58 bits per heavy atom. The molecule has 0 spiro atoms. The van der Waals surface area contributed by atoms with Gasteiger partial charge in [0, 0.05) is 17.6 Å². The van der Waals surface area contributed by atoms with Gasteiger partial charge in [-0.1, -0.05) is 15.9 Å². The second-order valence-corrected chi connectivity index (χ2v) is 5.86. The highest BCUT2D eigenvalue weighted by Crippen LogP contribution is 2.34. The molecule has 0 radical (unpaired) electrons. The lowest BCUT2D eigenvalue weighted by Crippen LogP contribution is -2.39. The third-order valence-electron chi connectivity index (χ3n) is 3.55. The van der Waals surface area contributed by atoms with Gasteiger partial charge in [0.25, 0.3) is 5.91 Å². The van der Waals surface area contributed by atoms with Crippen LogP contribution in [0.15, 0.2) is 22.7 Å². The highest BCUT2D eigenvalue weighted by Gasteiger charge is 2.32. The van der Waals surface area contributed by atoms with Crippen LogP contribution in [0.1, 0.15) is 19.8 Å². The van der Waals surface area contributed by atoms with Crippen LogP contribution in [0.2, 0.25) is 0 Å². The number of nitrogens with zero attached hydrogens (tertiary/aromatic N) is 1. The topological polar surface area (TPSA) is 29.5 Å². The molecule has 2 rings (SSSR count). The average molecular weight is 330 g/mol. The van der Waals surface area contributed by atoms with Crippen molar-refractivity contribution in [1.29, 1.82) is 0 Å². The molecule has 0 aliphatic heterocycles. The maximum atomic E-state index is 13.5. The smallest absolute Gasteiger partial charge is 0.260 e. The second-order valence-electron chi connectivity index (χ2n) is 4.95. The number of benzene rings is 1. The Morgan fingerprint density at radius 2 is 2.26 bits per heavy atom. The highest BCUT2D eigenvalue weighted by molar-refractivity contribution is 9.10. The van der Waals surface area contributed by atoms with Crippen molar-refractivity contribution in [2.45, 2.75) is 25.8 Å². The molecule has 0 aromatic heterocycles. The molecule has 1 saturated carbocycles. The van der Waals surface area contributed by atoms with Crippen LogP contribution in [0.4, 0.5) is 4.39 Å². The number of halogens is 2. The van der Waals surface area contributed by atoms with E-state index in [1.54, 1.807) is 18.0 Å². The summed E-state index contributed by atoms with van der Waals surface area (Å²) in [6, 6.07) is 4.73. The fourth-order valence-electron chi connectivity index (χ4n) is 1.96. The van der Waals surface area contributed by atoms with Crippen molar-refractivity contribution in [3.05, 3.63) is 28.5 Å². The number of hydrogen-bond acceptors (Lipinski definition) is 2. The summed E-state index contributed by atoms with van der Waals surface area (Å²) in [7, 11) is 1.77. The van der Waals surface area contributed by atoms with Gasteiger partial charge < -0.3 is 9.64 Å². The fraction of sp³-hybridized carbons (Fsp3) is 0.500. The van der Waals surface area contributed by atoms with Crippen LogP contribution in [0.25, 0.3) is 0 Å². The third-order valence-corrected chi connectivity index (χ3v) is 4.05. The molecule has 0 bridgehead atoms. The maximum absolute atomic E-state index is 13.5. The highest BCUT2D eigenvalue weighted by atomic mass is 79.9. The molecule has 1 atom stereocenters. The minimum atomic E-state index is -0.472. The zero-order chi connectivity index (χ0) is 14.0. The Balaban J connectivity index is 1.88. The van der Waals surface area contributed by atoms with E-state index in [2.05, 4.69) is 15.9 Å². The van der Waals surface area contributed by atoms with Crippen molar-refractivity contribution in [2.75, 3.05) is 13.7 Å². The molecule has 0 heterocycles. The van der Waals surface area contributed by atoms with Gasteiger partial charge in [0.1, 0.15) is 0 Å². The molecule has 19 heavy (non-hydrogen) atoms. The minimum absolute atomic E-state index is 0.101. The summed E-state index contributed by atoms with van der Waals surface area (Å²) in [5, 5.41) is 0. The molecule has 1 aromatic rings. The quantitative estimate of drug-likeness (QED) is 0.830. The van der Waals surface area contributed by atoms with Crippen LogP contribution in [0.3, 0.4) is 0 Å². The first kappa shape index (κ1) is 14.3. The lowest BCUT2D eigenvalue weighted by molar-refractivity contribution is -0.134. The summed E-state index contributed by atoms with van der Waals surface area (Å²) in [4.78, 5) is 13.6. The maximum Gasteiger partial charge on any atom is 0.260 e. The number of carbonyl (C=O) groups excluding carboxylic acids is 1. The van der Waals surface area contributed by atoms with E-state index in [0.717, 1.165) is 0 Å². The van der Waals surface area contributed by atoms with Crippen molar-refractivity contribution in [3.63, 3.8) is 0 Å². The predicted molar refractivity (Wildman–Crippen MR) is 74.6 cm³/mol. The van der Waals surface area contributed by atoms with Crippen LogP contribution in [-0.4, -0.2) is 30.5 Å². The summed E-state index contributed by atoms with van der Waals surface area (Å²) in [5.41, 5.74) is 0. The van der Waals surface area contributed by atoms with Gasteiger partial charge in [-0.3, -0.25) is 4.79 Å². The number of ether oxygens (including phenoxy) is 1. The Hall–Kier alpha value is -1.10. The molecule has 104 valence electrons. The molecule has 3 nitrogen and oxygen atoms in total. The van der Waals surface area contributed by atoms with Gasteiger partial charge in [-0.15, -0.1) is 0 Å². The summed E-state index contributed by atoms with van der Waals surface area (Å²) >= 11 is 3.17. The van der Waals surface area contributed by atoms with Crippen molar-refractivity contribution in [2.24, 2.45) is 5.92 Å². The van der Waals surface area contributed by atoms with Gasteiger partial charge in [-0.05, 0) is 43.9 Å². The Morgan fingerprint density at radius 3 is 2.84 bits per heavy atom. The van der Waals surface area contributed by atoms with Gasteiger partial charge in [0.05, 0.1) is 0 Å². The molecular formula is C14H17BrFNO2. The van der Waals surface area contributed by atoms with E-state index < -0.39 is 5.82 Å². The molecule has 1 aromatic carbocycles. The van der Waals surface area contributed by atoms with Crippen LogP contribution in [0, 0.1) is 11.7 Å². The summed E-state index contributed by atoms with van der Waals surface area (Å²) < 4.78 is 19.4. The Bertz CT molecular complexity index is 477. The molecule has 1 unspecified atom stereocenters. The fourth-order valence-corrected chi connectivity index (χ4v) is 2.29. The molecule has 1 amide bonds. The average Bonchev–Trinajstić information content (AvgIpc) is 3.20. The van der Waals surface area contributed by atoms with E-state index in [-0.39, 0.29) is 24.3 Å². The van der Waals surface area contributed by atoms with E-state index in [9.17, 15) is 9.18 Å². The van der Waals surface area contributed by atoms with Crippen LogP contribution >= 0.6 is 15.9 Å². The predicted octanol–water partition coefficient (Wildman–Crippen LogP) is 3.22. The Kier molecular flexibility index (Phi) is 4.45. The van der Waals surface area contributed by atoms with Crippen molar-refractivity contribution in [1.82, 2.24) is 4.90 Å². The van der Waals surface area contributed by atoms with Gasteiger partial charge in [0.15, 0.2) is 18.2 Å². The molecule has 1 aliphatic carbocycles. The van der Waals surface area contributed by atoms with E-state index in [1.807, 2.05) is 6.92 Å². The van der Waals surface area contributed by atoms with Gasteiger partial charge in [0.2, 0.25) is 0 Å². The number of carbonyl (C=O) groups is 1. The zero-order valence-electron chi connectivity index (χ0n) is 11.0. The van der Waals surface area contributed by atoms with E-state index >= 15 is 0 Å². The standard InChI is InChI=1S/C14H17BrFNO2/c1-9(10-3-4-10)17(2)14(18)8-19-13-6-5-11(15)7-12(13)16/h5-7,9-10H,3-4,8H2,1-2H3. The van der Waals surface area contributed by atoms with Crippen molar-refractivity contribution in [3.8, 4) is 5.75 Å². The van der Waals surface area contributed by atoms with Gasteiger partial charge in [-0.25, -0.2) is 4.39 Å². The second kappa shape index (κ2) is 5.90. The van der Waals surface area contributed by atoms with Crippen LogP contribution < -0.4 is 4.74 Å². The third kappa shape index (κ3) is 3.69. The molecule has 0 saturated heterocycles. The Labute approximate surface area is 120 Å². The lowest BCUT2D eigenvalue weighted by Gasteiger charge is -2.24. The molecule has 1 fully saturated rings. The molecule has 1 aliphatic rings. The number of hydrogen-bond donors (Lipinski definition) is 0. The number of likely N-dealkylation sites (N-methyl/N-ethyl adjacent to an activating group) is 1. The molecule has 5 heteroatoms. The van der Waals surface area contributed by atoms with E-state index in [1.165, 1.54) is 25.0 Å². The van der Waals surface area contributed by atoms with Gasteiger partial charge >= 0.3 is 0 Å². The molecular weight excluding hydrogens is 313 g/mol. The summed E-state index contributed by atoms with van der Waals surface area (Å²) in [5.74, 6) is 0.115. The molecule has 0 N–H and O–H groups in total. The number of amides is 1. The zero-order valence-corrected chi connectivity index (χ0v) is 12.6. The SMILES string of the molecule is CC(C1CC1)N(C)C(=O)COc1ccc(Br)cc1F. The first-order valence-electron chi connectivity index (χ1n) is 6.32. The lowest BCUT2D eigenvalue weighted by atomic mass is 10.2. The minimum Gasteiger partial charge on any atom is -0.481 e. The van der Waals surface area contributed by atoms with Crippen LogP contribution in [0.5, 0.6) is 5.75 Å². The van der Waals surface area contributed by atoms with E-state index in [0.29, 0.717) is 10.4 Å². The first-order valence-corrected chi connectivity index (χ1v) is 7.12. The summed E-state index contributed by atoms with van der Waals surface area (Å²) in [6.45, 7) is 1.90.